The number of hydrogen-bond donors (Lipinski definition) is 1. The summed E-state index contributed by atoms with van der Waals surface area (Å²) in [4.78, 5) is 4.83. The third kappa shape index (κ3) is 3.49. The van der Waals surface area contributed by atoms with Crippen molar-refractivity contribution in [3.05, 3.63) is 24.3 Å². The highest BCUT2D eigenvalue weighted by atomic mass is 32.2. The molecule has 0 fully saturated rings. The molecule has 0 bridgehead atoms. The number of rotatable bonds is 2. The van der Waals surface area contributed by atoms with E-state index in [0.717, 1.165) is 23.0 Å². The molecule has 0 amide bonds. The van der Waals surface area contributed by atoms with Gasteiger partial charge in [0.15, 0.2) is 15.0 Å². The molecule has 18 heavy (non-hydrogen) atoms. The van der Waals surface area contributed by atoms with Crippen LogP contribution in [0.3, 0.4) is 0 Å². The highest BCUT2D eigenvalue weighted by molar-refractivity contribution is 8.14. The first-order valence-corrected chi connectivity index (χ1v) is 8.60. The largest absolute Gasteiger partial charge is 0.335 e. The predicted molar refractivity (Wildman–Crippen MR) is 77.1 cm³/mol. The van der Waals surface area contributed by atoms with E-state index in [9.17, 15) is 8.42 Å². The molecule has 1 heterocycles. The number of aliphatic imine (C=N–C) groups is 1. The van der Waals surface area contributed by atoms with E-state index in [1.807, 2.05) is 0 Å². The molecule has 1 aliphatic rings. The van der Waals surface area contributed by atoms with Gasteiger partial charge in [-0.2, -0.15) is 0 Å². The van der Waals surface area contributed by atoms with Crippen LogP contribution in [-0.4, -0.2) is 31.6 Å². The van der Waals surface area contributed by atoms with Crippen LogP contribution in [0.15, 0.2) is 34.2 Å². The second-order valence-electron chi connectivity index (χ2n) is 4.34. The van der Waals surface area contributed by atoms with Crippen molar-refractivity contribution in [2.24, 2.45) is 4.99 Å². The lowest BCUT2D eigenvalue weighted by Gasteiger charge is -2.17. The number of nitrogens with one attached hydrogen (secondary N) is 1. The SMILES string of the molecule is CC1CCSC(Nc2ccc(S(C)(=O)=O)cc2)=N1. The number of hydrogen-bond acceptors (Lipinski definition) is 5. The van der Waals surface area contributed by atoms with Gasteiger partial charge in [0.1, 0.15) is 0 Å². The average molecular weight is 284 g/mol. The number of nitrogens with zero attached hydrogens (tertiary/aromatic N) is 1. The molecule has 0 aliphatic carbocycles. The van der Waals surface area contributed by atoms with Crippen molar-refractivity contribution in [2.45, 2.75) is 24.3 Å². The van der Waals surface area contributed by atoms with E-state index in [4.69, 9.17) is 0 Å². The maximum Gasteiger partial charge on any atom is 0.175 e. The first-order valence-electron chi connectivity index (χ1n) is 5.73. The van der Waals surface area contributed by atoms with Gasteiger partial charge in [0.05, 0.1) is 10.9 Å². The van der Waals surface area contributed by atoms with Crippen LogP contribution in [-0.2, 0) is 9.84 Å². The smallest absolute Gasteiger partial charge is 0.175 e. The fourth-order valence-corrected chi connectivity index (χ4v) is 3.33. The van der Waals surface area contributed by atoms with E-state index in [2.05, 4.69) is 17.2 Å². The van der Waals surface area contributed by atoms with Gasteiger partial charge in [-0.1, -0.05) is 11.8 Å². The van der Waals surface area contributed by atoms with E-state index in [1.54, 1.807) is 36.0 Å². The molecule has 0 aromatic heterocycles. The minimum atomic E-state index is -3.12. The first-order chi connectivity index (χ1) is 8.45. The second-order valence-corrected chi connectivity index (χ2v) is 7.44. The lowest BCUT2D eigenvalue weighted by atomic mass is 10.3. The summed E-state index contributed by atoms with van der Waals surface area (Å²) in [5.41, 5.74) is 0.864. The van der Waals surface area contributed by atoms with Crippen LogP contribution < -0.4 is 5.32 Å². The summed E-state index contributed by atoms with van der Waals surface area (Å²) in [5.74, 6) is 1.06. The quantitative estimate of drug-likeness (QED) is 0.906. The summed E-state index contributed by atoms with van der Waals surface area (Å²) in [5, 5.41) is 4.11. The Hall–Kier alpha value is -1.01. The Kier molecular flexibility index (Phi) is 3.97. The van der Waals surface area contributed by atoms with Crippen molar-refractivity contribution in [1.82, 2.24) is 0 Å². The molecule has 0 spiro atoms. The highest BCUT2D eigenvalue weighted by Crippen LogP contribution is 2.20. The number of anilines is 1. The number of sulfone groups is 1. The van der Waals surface area contributed by atoms with Crippen LogP contribution in [0.1, 0.15) is 13.3 Å². The molecule has 6 heteroatoms. The van der Waals surface area contributed by atoms with E-state index < -0.39 is 9.84 Å². The van der Waals surface area contributed by atoms with Gasteiger partial charge in [-0.3, -0.25) is 4.99 Å². The number of amidine groups is 1. The highest BCUT2D eigenvalue weighted by Gasteiger charge is 2.12. The molecule has 0 saturated carbocycles. The Labute approximate surface area is 112 Å². The summed E-state index contributed by atoms with van der Waals surface area (Å²) >= 11 is 1.69. The molecular formula is C12H16N2O2S2. The number of benzene rings is 1. The van der Waals surface area contributed by atoms with Crippen molar-refractivity contribution >= 4 is 32.5 Å². The van der Waals surface area contributed by atoms with Crippen molar-refractivity contribution in [1.29, 1.82) is 0 Å². The van der Waals surface area contributed by atoms with E-state index in [-0.39, 0.29) is 0 Å². The Bertz CT molecular complexity index is 550. The molecule has 0 radical (unpaired) electrons. The van der Waals surface area contributed by atoms with Gasteiger partial charge < -0.3 is 5.32 Å². The summed E-state index contributed by atoms with van der Waals surface area (Å²) in [6, 6.07) is 7.09. The minimum Gasteiger partial charge on any atom is -0.335 e. The molecule has 1 aromatic rings. The maximum atomic E-state index is 11.3. The van der Waals surface area contributed by atoms with Crippen LogP contribution in [0.4, 0.5) is 5.69 Å². The van der Waals surface area contributed by atoms with Crippen molar-refractivity contribution < 1.29 is 8.42 Å². The van der Waals surface area contributed by atoms with Gasteiger partial charge in [-0.15, -0.1) is 0 Å². The Morgan fingerprint density at radius 3 is 2.56 bits per heavy atom. The van der Waals surface area contributed by atoms with Gasteiger partial charge in [0, 0.05) is 17.7 Å². The first kappa shape index (κ1) is 13.4. The standard InChI is InChI=1S/C12H16N2O2S2/c1-9-7-8-17-12(13-9)14-10-3-5-11(6-4-10)18(2,15)16/h3-6,9H,7-8H2,1-2H3,(H,13,14). The molecule has 1 unspecified atom stereocenters. The third-order valence-electron chi connectivity index (χ3n) is 2.65. The molecule has 1 N–H and O–H groups in total. The summed E-state index contributed by atoms with van der Waals surface area (Å²) < 4.78 is 22.7. The second kappa shape index (κ2) is 5.32. The Balaban J connectivity index is 2.11. The van der Waals surface area contributed by atoms with Crippen molar-refractivity contribution in [3.8, 4) is 0 Å². The van der Waals surface area contributed by atoms with Gasteiger partial charge >= 0.3 is 0 Å². The predicted octanol–water partition coefficient (Wildman–Crippen LogP) is 2.38. The fraction of sp³-hybridized carbons (Fsp3) is 0.417. The van der Waals surface area contributed by atoms with Gasteiger partial charge in [-0.05, 0) is 37.6 Å². The molecule has 4 nitrogen and oxygen atoms in total. The zero-order valence-electron chi connectivity index (χ0n) is 10.4. The van der Waals surface area contributed by atoms with E-state index >= 15 is 0 Å². The monoisotopic (exact) mass is 284 g/mol. The summed E-state index contributed by atoms with van der Waals surface area (Å²) in [6.45, 7) is 2.09. The summed E-state index contributed by atoms with van der Waals surface area (Å²) in [7, 11) is -3.12. The lowest BCUT2D eigenvalue weighted by Crippen LogP contribution is -2.17. The zero-order chi connectivity index (χ0) is 13.2. The zero-order valence-corrected chi connectivity index (χ0v) is 12.0. The Morgan fingerprint density at radius 1 is 1.33 bits per heavy atom. The maximum absolute atomic E-state index is 11.3. The van der Waals surface area contributed by atoms with E-state index in [0.29, 0.717) is 10.9 Å². The molecule has 1 atom stereocenters. The molecular weight excluding hydrogens is 268 g/mol. The summed E-state index contributed by atoms with van der Waals surface area (Å²) in [6.07, 6.45) is 2.31. The van der Waals surface area contributed by atoms with Crippen LogP contribution in [0, 0.1) is 0 Å². The molecule has 0 saturated heterocycles. The van der Waals surface area contributed by atoms with Crippen LogP contribution >= 0.6 is 11.8 Å². The average Bonchev–Trinajstić information content (AvgIpc) is 2.28. The fourth-order valence-electron chi connectivity index (χ4n) is 1.61. The Morgan fingerprint density at radius 2 is 2.00 bits per heavy atom. The van der Waals surface area contributed by atoms with E-state index in [1.165, 1.54) is 6.26 Å². The number of thioether (sulfide) groups is 1. The molecule has 1 aromatic carbocycles. The normalized spacial score (nSPS) is 20.3. The minimum absolute atomic E-state index is 0.333. The molecule has 2 rings (SSSR count). The molecule has 98 valence electrons. The van der Waals surface area contributed by atoms with Crippen molar-refractivity contribution in [2.75, 3.05) is 17.3 Å². The third-order valence-corrected chi connectivity index (χ3v) is 4.69. The lowest BCUT2D eigenvalue weighted by molar-refractivity contribution is 0.602. The van der Waals surface area contributed by atoms with Crippen molar-refractivity contribution in [3.63, 3.8) is 0 Å². The topological polar surface area (TPSA) is 58.5 Å². The van der Waals surface area contributed by atoms with Gasteiger partial charge in [0.25, 0.3) is 0 Å². The molecule has 1 aliphatic heterocycles. The van der Waals surface area contributed by atoms with Gasteiger partial charge in [0.2, 0.25) is 0 Å². The van der Waals surface area contributed by atoms with Gasteiger partial charge in [-0.25, -0.2) is 8.42 Å². The van der Waals surface area contributed by atoms with Crippen LogP contribution in [0.5, 0.6) is 0 Å². The van der Waals surface area contributed by atoms with Crippen LogP contribution in [0.25, 0.3) is 0 Å². The van der Waals surface area contributed by atoms with Crippen LogP contribution in [0.2, 0.25) is 0 Å².